The van der Waals surface area contributed by atoms with E-state index in [0.717, 1.165) is 87.4 Å². The molecule has 53 heavy (non-hydrogen) atoms. The number of benzene rings is 2. The van der Waals surface area contributed by atoms with Gasteiger partial charge < -0.3 is 29.8 Å². The van der Waals surface area contributed by atoms with Gasteiger partial charge in [0.05, 0.1) is 39.3 Å². The lowest BCUT2D eigenvalue weighted by atomic mass is 9.80. The molecule has 3 aliphatic rings. The molecule has 0 unspecified atom stereocenters. The Kier molecular flexibility index (Phi) is 10.4. The number of fused-ring (bicyclic) bond motifs is 2. The second kappa shape index (κ2) is 15.1. The number of rotatable bonds is 9. The molecule has 4 aromatic rings. The second-order valence-corrected chi connectivity index (χ2v) is 14.9. The first-order valence-electron chi connectivity index (χ1n) is 18.2. The smallest absolute Gasteiger partial charge is 0.306 e. The predicted octanol–water partition coefficient (Wildman–Crippen LogP) is 5.48. The maximum absolute atomic E-state index is 13.7. The zero-order chi connectivity index (χ0) is 37.4. The Balaban J connectivity index is 1.04. The SMILES string of the molecule is CN1CCc2c(nc(C(=O)Nc3cccc(-c4cccc(NC(=O)c5nc6c(n5C)CCN(CC[C@H]5CC[C@H](C(=O)O)CC5)C6)c4C#N)c3Cl)n2C)C1. The molecule has 2 aliphatic heterocycles. The molecular formula is C39H44ClN9O4. The van der Waals surface area contributed by atoms with Crippen LogP contribution in [0, 0.1) is 23.2 Å². The van der Waals surface area contributed by atoms with Crippen LogP contribution in [0.2, 0.25) is 5.02 Å². The van der Waals surface area contributed by atoms with E-state index in [-0.39, 0.29) is 28.2 Å². The zero-order valence-electron chi connectivity index (χ0n) is 30.3. The van der Waals surface area contributed by atoms with Gasteiger partial charge in [-0.2, -0.15) is 5.26 Å². The highest BCUT2D eigenvalue weighted by atomic mass is 35.5. The molecule has 13 nitrogen and oxygen atoms in total. The minimum atomic E-state index is -0.678. The lowest BCUT2D eigenvalue weighted by Gasteiger charge is -2.30. The van der Waals surface area contributed by atoms with E-state index in [1.165, 1.54) is 0 Å². The number of aromatic nitrogens is 4. The second-order valence-electron chi connectivity index (χ2n) is 14.5. The number of nitrogens with one attached hydrogen (secondary N) is 2. The summed E-state index contributed by atoms with van der Waals surface area (Å²) >= 11 is 6.91. The van der Waals surface area contributed by atoms with Crippen molar-refractivity contribution in [1.29, 1.82) is 5.26 Å². The lowest BCUT2D eigenvalue weighted by molar-refractivity contribution is -0.143. The largest absolute Gasteiger partial charge is 0.481 e. The number of nitriles is 1. The van der Waals surface area contributed by atoms with Crippen LogP contribution in [0.3, 0.4) is 0 Å². The molecule has 0 atom stereocenters. The van der Waals surface area contributed by atoms with Crippen molar-refractivity contribution in [3.8, 4) is 17.2 Å². The molecule has 0 spiro atoms. The Hall–Kier alpha value is -5.03. The fraction of sp³-hybridized carbons (Fsp3) is 0.436. The number of halogens is 1. The molecule has 1 saturated carbocycles. The van der Waals surface area contributed by atoms with Gasteiger partial charge in [0.2, 0.25) is 0 Å². The van der Waals surface area contributed by atoms with Gasteiger partial charge in [-0.3, -0.25) is 19.3 Å². The highest BCUT2D eigenvalue weighted by Crippen LogP contribution is 2.38. The van der Waals surface area contributed by atoms with Crippen molar-refractivity contribution in [2.24, 2.45) is 25.9 Å². The van der Waals surface area contributed by atoms with Crippen LogP contribution in [0.15, 0.2) is 36.4 Å². The fourth-order valence-electron chi connectivity index (χ4n) is 8.10. The summed E-state index contributed by atoms with van der Waals surface area (Å²) in [5.74, 6) is -0.582. The van der Waals surface area contributed by atoms with Gasteiger partial charge in [-0.1, -0.05) is 35.9 Å². The molecule has 0 saturated heterocycles. The molecule has 7 rings (SSSR count). The summed E-state index contributed by atoms with van der Waals surface area (Å²) in [5.41, 5.74) is 5.79. The van der Waals surface area contributed by atoms with Crippen molar-refractivity contribution < 1.29 is 19.5 Å². The van der Waals surface area contributed by atoms with Gasteiger partial charge in [0, 0.05) is 75.6 Å². The first-order valence-corrected chi connectivity index (χ1v) is 18.6. The Morgan fingerprint density at radius 2 is 1.43 bits per heavy atom. The predicted molar refractivity (Wildman–Crippen MR) is 201 cm³/mol. The van der Waals surface area contributed by atoms with Crippen LogP contribution in [-0.4, -0.2) is 78.5 Å². The van der Waals surface area contributed by atoms with E-state index in [2.05, 4.69) is 31.5 Å². The van der Waals surface area contributed by atoms with Gasteiger partial charge >= 0.3 is 5.97 Å². The van der Waals surface area contributed by atoms with Crippen LogP contribution in [0.25, 0.3) is 11.1 Å². The molecule has 2 aromatic carbocycles. The van der Waals surface area contributed by atoms with E-state index < -0.39 is 11.9 Å². The van der Waals surface area contributed by atoms with Gasteiger partial charge in [-0.15, -0.1) is 0 Å². The number of hydrogen-bond donors (Lipinski definition) is 3. The normalized spacial score (nSPS) is 18.8. The summed E-state index contributed by atoms with van der Waals surface area (Å²) in [5, 5.41) is 25.7. The third-order valence-corrected chi connectivity index (χ3v) is 11.6. The first kappa shape index (κ1) is 36.3. The number of aliphatic carboxylic acids is 1. The number of carboxylic acids is 1. The summed E-state index contributed by atoms with van der Waals surface area (Å²) in [4.78, 5) is 52.4. The highest BCUT2D eigenvalue weighted by molar-refractivity contribution is 6.36. The van der Waals surface area contributed by atoms with Gasteiger partial charge in [0.15, 0.2) is 11.6 Å². The minimum Gasteiger partial charge on any atom is -0.481 e. The standard InChI is InChI=1S/C39H44ClN9O4/c1-46-17-15-32-30(21-46)42-36(47(32)2)38(51)45-29-9-5-7-26(34(29)40)25-6-4-8-28(27(25)20-41)44-37(50)35-43-31-22-49(19-16-33(31)48(35)3)18-14-23-10-12-24(13-11-23)39(52)53/h4-9,23-24H,10-19,21-22H2,1-3H3,(H,44,50)(H,45,51)(H,52,53)/t23-,24-. The maximum Gasteiger partial charge on any atom is 0.306 e. The van der Waals surface area contributed by atoms with Crippen LogP contribution < -0.4 is 10.6 Å². The number of likely N-dealkylation sites (N-methyl/N-ethyl adjacent to an activating group) is 1. The average molecular weight is 738 g/mol. The summed E-state index contributed by atoms with van der Waals surface area (Å²) in [6, 6.07) is 12.7. The Morgan fingerprint density at radius 3 is 2.08 bits per heavy atom. The summed E-state index contributed by atoms with van der Waals surface area (Å²) in [7, 11) is 5.72. The minimum absolute atomic E-state index is 0.205. The molecular weight excluding hydrogens is 694 g/mol. The summed E-state index contributed by atoms with van der Waals surface area (Å²) in [6.07, 6.45) is 6.02. The van der Waals surface area contributed by atoms with Crippen molar-refractivity contribution in [3.05, 3.63) is 81.4 Å². The Morgan fingerprint density at radius 1 is 0.849 bits per heavy atom. The van der Waals surface area contributed by atoms with E-state index in [1.54, 1.807) is 36.4 Å². The zero-order valence-corrected chi connectivity index (χ0v) is 31.0. The molecule has 3 N–H and O–H groups in total. The van der Waals surface area contributed by atoms with Crippen molar-refractivity contribution >= 4 is 40.8 Å². The number of amides is 2. The van der Waals surface area contributed by atoms with Crippen molar-refractivity contribution in [1.82, 2.24) is 28.9 Å². The van der Waals surface area contributed by atoms with Crippen LogP contribution in [0.5, 0.6) is 0 Å². The van der Waals surface area contributed by atoms with Crippen LogP contribution in [-0.2, 0) is 44.8 Å². The number of carbonyl (C=O) groups excluding carboxylic acids is 2. The number of anilines is 2. The molecule has 0 bridgehead atoms. The molecule has 1 aliphatic carbocycles. The van der Waals surface area contributed by atoms with Crippen molar-refractivity contribution in [2.45, 2.75) is 58.0 Å². The third-order valence-electron chi connectivity index (χ3n) is 11.2. The molecule has 2 aromatic heterocycles. The molecule has 1 fully saturated rings. The Labute approximate surface area is 313 Å². The molecule has 0 radical (unpaired) electrons. The quantitative estimate of drug-likeness (QED) is 0.202. The molecule has 276 valence electrons. The molecule has 14 heteroatoms. The lowest BCUT2D eigenvalue weighted by Crippen LogP contribution is -2.33. The Bertz CT molecular complexity index is 2120. The van der Waals surface area contributed by atoms with Crippen molar-refractivity contribution in [3.63, 3.8) is 0 Å². The van der Waals surface area contributed by atoms with E-state index in [9.17, 15) is 24.8 Å². The van der Waals surface area contributed by atoms with Gasteiger partial charge in [-0.25, -0.2) is 9.97 Å². The van der Waals surface area contributed by atoms with Crippen LogP contribution >= 0.6 is 11.6 Å². The van der Waals surface area contributed by atoms with Crippen LogP contribution in [0.4, 0.5) is 11.4 Å². The van der Waals surface area contributed by atoms with Gasteiger partial charge in [0.25, 0.3) is 11.8 Å². The molecule has 4 heterocycles. The van der Waals surface area contributed by atoms with Crippen molar-refractivity contribution in [2.75, 3.05) is 37.3 Å². The monoisotopic (exact) mass is 737 g/mol. The van der Waals surface area contributed by atoms with E-state index in [0.29, 0.717) is 47.3 Å². The first-order chi connectivity index (χ1) is 25.5. The topological polar surface area (TPSA) is 161 Å². The number of imidazole rings is 2. The number of carbonyl (C=O) groups is 3. The fourth-order valence-corrected chi connectivity index (χ4v) is 8.37. The summed E-state index contributed by atoms with van der Waals surface area (Å²) in [6.45, 7) is 3.99. The van der Waals surface area contributed by atoms with Gasteiger partial charge in [-0.05, 0) is 63.7 Å². The van der Waals surface area contributed by atoms with E-state index in [4.69, 9.17) is 16.6 Å². The number of carboxylic acid groups (broad SMARTS) is 1. The van der Waals surface area contributed by atoms with Crippen LogP contribution in [0.1, 0.15) is 81.7 Å². The third kappa shape index (κ3) is 7.31. The van der Waals surface area contributed by atoms with Gasteiger partial charge in [0.1, 0.15) is 6.07 Å². The highest BCUT2D eigenvalue weighted by Gasteiger charge is 2.29. The summed E-state index contributed by atoms with van der Waals surface area (Å²) < 4.78 is 3.67. The van der Waals surface area contributed by atoms with E-state index in [1.807, 2.05) is 30.3 Å². The molecule has 2 amide bonds. The van der Waals surface area contributed by atoms with E-state index >= 15 is 0 Å². The number of nitrogens with zero attached hydrogens (tertiary/aromatic N) is 7. The maximum atomic E-state index is 13.7. The number of hydrogen-bond acceptors (Lipinski definition) is 8. The average Bonchev–Trinajstić information content (AvgIpc) is 3.66.